The summed E-state index contributed by atoms with van der Waals surface area (Å²) in [6.45, 7) is 5.33. The molecule has 1 nitrogen and oxygen atoms in total. The van der Waals surface area contributed by atoms with E-state index in [1.54, 1.807) is 6.08 Å². The molecule has 0 aliphatic rings. The quantitative estimate of drug-likeness (QED) is 0.466. The lowest BCUT2D eigenvalue weighted by Crippen LogP contribution is -2.14. The molecular formula is C9H15F3O. The third kappa shape index (κ3) is 9.40. The van der Waals surface area contributed by atoms with Gasteiger partial charge in [0, 0.05) is 0 Å². The second-order valence-corrected chi connectivity index (χ2v) is 3.00. The van der Waals surface area contributed by atoms with Gasteiger partial charge in [0.05, 0.1) is 6.61 Å². The molecule has 0 fully saturated rings. The number of unbranched alkanes of at least 4 members (excludes halogenated alkanes) is 1. The van der Waals surface area contributed by atoms with Crippen molar-refractivity contribution in [2.24, 2.45) is 5.92 Å². The van der Waals surface area contributed by atoms with Crippen LogP contribution >= 0.6 is 0 Å². The van der Waals surface area contributed by atoms with Gasteiger partial charge in [-0.25, -0.2) is 0 Å². The standard InChI is InChI=1S/C9H15F3O/c1-3-8(2)6-4-5-7-13-9(10,11)12/h3,8H,1,4-7H2,2H3. The predicted molar refractivity (Wildman–Crippen MR) is 45.2 cm³/mol. The zero-order chi connectivity index (χ0) is 10.3. The van der Waals surface area contributed by atoms with Crippen LogP contribution in [-0.4, -0.2) is 13.0 Å². The summed E-state index contributed by atoms with van der Waals surface area (Å²) in [6.07, 6.45) is -0.639. The van der Waals surface area contributed by atoms with Gasteiger partial charge in [-0.2, -0.15) is 0 Å². The Bertz CT molecular complexity index is 142. The van der Waals surface area contributed by atoms with Crippen LogP contribution in [0.15, 0.2) is 12.7 Å². The van der Waals surface area contributed by atoms with Crippen LogP contribution in [0.5, 0.6) is 0 Å². The summed E-state index contributed by atoms with van der Waals surface area (Å²) in [4.78, 5) is 0. The molecule has 0 radical (unpaired) electrons. The van der Waals surface area contributed by atoms with Crippen LogP contribution in [0.3, 0.4) is 0 Å². The summed E-state index contributed by atoms with van der Waals surface area (Å²) in [5, 5.41) is 0. The number of hydrogen-bond donors (Lipinski definition) is 0. The largest absolute Gasteiger partial charge is 0.522 e. The second kappa shape index (κ2) is 6.02. The van der Waals surface area contributed by atoms with Gasteiger partial charge in [-0.1, -0.05) is 19.4 Å². The fourth-order valence-electron chi connectivity index (χ4n) is 0.874. The van der Waals surface area contributed by atoms with Crippen LogP contribution < -0.4 is 0 Å². The maximum absolute atomic E-state index is 11.5. The number of allylic oxidation sites excluding steroid dienone is 1. The van der Waals surface area contributed by atoms with Gasteiger partial charge < -0.3 is 0 Å². The van der Waals surface area contributed by atoms with Crippen LogP contribution in [0.2, 0.25) is 0 Å². The zero-order valence-corrected chi connectivity index (χ0v) is 7.73. The Kier molecular flexibility index (Phi) is 5.79. The molecule has 0 rings (SSSR count). The van der Waals surface area contributed by atoms with E-state index < -0.39 is 6.36 Å². The zero-order valence-electron chi connectivity index (χ0n) is 7.73. The van der Waals surface area contributed by atoms with Crippen LogP contribution in [0, 0.1) is 5.92 Å². The Labute approximate surface area is 76.6 Å². The summed E-state index contributed by atoms with van der Waals surface area (Å²) in [6, 6.07) is 0. The SMILES string of the molecule is C=CC(C)CCCCOC(F)(F)F. The van der Waals surface area contributed by atoms with Gasteiger partial charge in [-0.3, -0.25) is 4.74 Å². The van der Waals surface area contributed by atoms with Gasteiger partial charge in [-0.15, -0.1) is 19.8 Å². The van der Waals surface area contributed by atoms with Crippen molar-refractivity contribution in [3.05, 3.63) is 12.7 Å². The highest BCUT2D eigenvalue weighted by Crippen LogP contribution is 2.17. The van der Waals surface area contributed by atoms with Crippen LogP contribution in [0.4, 0.5) is 13.2 Å². The summed E-state index contributed by atoms with van der Waals surface area (Å²) in [7, 11) is 0. The first-order chi connectivity index (χ1) is 5.95. The number of rotatable bonds is 6. The molecule has 0 aromatic heterocycles. The summed E-state index contributed by atoms with van der Waals surface area (Å²) >= 11 is 0. The van der Waals surface area contributed by atoms with E-state index in [0.29, 0.717) is 12.3 Å². The summed E-state index contributed by atoms with van der Waals surface area (Å²) in [5.74, 6) is 0.367. The third-order valence-electron chi connectivity index (χ3n) is 1.72. The molecule has 0 spiro atoms. The number of hydrogen-bond acceptors (Lipinski definition) is 1. The molecule has 4 heteroatoms. The molecule has 0 N–H and O–H groups in total. The van der Waals surface area contributed by atoms with Crippen molar-refractivity contribution in [2.75, 3.05) is 6.61 Å². The van der Waals surface area contributed by atoms with Crippen molar-refractivity contribution >= 4 is 0 Å². The third-order valence-corrected chi connectivity index (χ3v) is 1.72. The summed E-state index contributed by atoms with van der Waals surface area (Å²) < 4.78 is 38.0. The lowest BCUT2D eigenvalue weighted by molar-refractivity contribution is -0.324. The van der Waals surface area contributed by atoms with Crippen molar-refractivity contribution in [1.82, 2.24) is 0 Å². The first kappa shape index (κ1) is 12.5. The van der Waals surface area contributed by atoms with Crippen LogP contribution in [0.1, 0.15) is 26.2 Å². The number of halogens is 3. The highest BCUT2D eigenvalue weighted by Gasteiger charge is 2.28. The normalized spacial score (nSPS) is 14.2. The van der Waals surface area contributed by atoms with E-state index in [1.165, 1.54) is 0 Å². The van der Waals surface area contributed by atoms with Crippen molar-refractivity contribution in [1.29, 1.82) is 0 Å². The minimum atomic E-state index is -4.48. The van der Waals surface area contributed by atoms with Crippen molar-refractivity contribution in [3.63, 3.8) is 0 Å². The Hall–Kier alpha value is -0.510. The van der Waals surface area contributed by atoms with Gasteiger partial charge in [0.2, 0.25) is 0 Å². The van der Waals surface area contributed by atoms with E-state index in [9.17, 15) is 13.2 Å². The minimum absolute atomic E-state index is 0.243. The van der Waals surface area contributed by atoms with E-state index in [1.807, 2.05) is 6.92 Å². The molecule has 1 atom stereocenters. The molecule has 0 aliphatic carbocycles. The van der Waals surface area contributed by atoms with Crippen molar-refractivity contribution in [2.45, 2.75) is 32.5 Å². The van der Waals surface area contributed by atoms with Gasteiger partial charge in [0.25, 0.3) is 0 Å². The minimum Gasteiger partial charge on any atom is -0.292 e. The molecule has 1 unspecified atom stereocenters. The molecule has 0 saturated carbocycles. The van der Waals surface area contributed by atoms with E-state index >= 15 is 0 Å². The molecule has 0 aliphatic heterocycles. The van der Waals surface area contributed by atoms with E-state index in [2.05, 4.69) is 11.3 Å². The predicted octanol–water partition coefficient (Wildman–Crippen LogP) is 3.52. The Morgan fingerprint density at radius 1 is 1.38 bits per heavy atom. The fraction of sp³-hybridized carbons (Fsp3) is 0.778. The van der Waals surface area contributed by atoms with Gasteiger partial charge in [-0.05, 0) is 18.8 Å². The molecule has 78 valence electrons. The Morgan fingerprint density at radius 3 is 2.46 bits per heavy atom. The molecule has 0 heterocycles. The Morgan fingerprint density at radius 2 is 2.00 bits per heavy atom. The van der Waals surface area contributed by atoms with Crippen LogP contribution in [-0.2, 0) is 4.74 Å². The van der Waals surface area contributed by atoms with E-state index in [4.69, 9.17) is 0 Å². The maximum atomic E-state index is 11.5. The van der Waals surface area contributed by atoms with E-state index in [-0.39, 0.29) is 6.61 Å². The first-order valence-corrected chi connectivity index (χ1v) is 4.29. The monoisotopic (exact) mass is 196 g/mol. The van der Waals surface area contributed by atoms with Crippen molar-refractivity contribution < 1.29 is 17.9 Å². The Balaban J connectivity index is 3.22. The fourth-order valence-corrected chi connectivity index (χ4v) is 0.874. The lowest BCUT2D eigenvalue weighted by atomic mass is 10.1. The van der Waals surface area contributed by atoms with Gasteiger partial charge >= 0.3 is 6.36 Å². The molecule has 0 bridgehead atoms. The second-order valence-electron chi connectivity index (χ2n) is 3.00. The average Bonchev–Trinajstić information content (AvgIpc) is 2.01. The maximum Gasteiger partial charge on any atom is 0.522 e. The average molecular weight is 196 g/mol. The molecule has 13 heavy (non-hydrogen) atoms. The van der Waals surface area contributed by atoms with Crippen molar-refractivity contribution in [3.8, 4) is 0 Å². The molecule has 0 aromatic carbocycles. The molecular weight excluding hydrogens is 181 g/mol. The van der Waals surface area contributed by atoms with Gasteiger partial charge in [0.15, 0.2) is 0 Å². The molecule has 0 saturated heterocycles. The summed E-state index contributed by atoms with van der Waals surface area (Å²) in [5.41, 5.74) is 0. The smallest absolute Gasteiger partial charge is 0.292 e. The highest BCUT2D eigenvalue weighted by molar-refractivity contribution is 4.74. The molecule has 0 aromatic rings. The first-order valence-electron chi connectivity index (χ1n) is 4.29. The highest BCUT2D eigenvalue weighted by atomic mass is 19.4. The number of ether oxygens (including phenoxy) is 1. The van der Waals surface area contributed by atoms with E-state index in [0.717, 1.165) is 12.8 Å². The molecule has 0 amide bonds. The number of alkyl halides is 3. The topological polar surface area (TPSA) is 9.23 Å². The lowest BCUT2D eigenvalue weighted by Gasteiger charge is -2.08. The van der Waals surface area contributed by atoms with Crippen LogP contribution in [0.25, 0.3) is 0 Å². The van der Waals surface area contributed by atoms with Gasteiger partial charge in [0.1, 0.15) is 0 Å².